The van der Waals surface area contributed by atoms with Crippen molar-refractivity contribution in [2.75, 3.05) is 0 Å². The minimum Gasteiger partial charge on any atom is -0.504 e. The second-order valence-electron chi connectivity index (χ2n) is 2.89. The largest absolute Gasteiger partial charge is 0.504 e. The van der Waals surface area contributed by atoms with Crippen molar-refractivity contribution in [3.8, 4) is 16.9 Å². The van der Waals surface area contributed by atoms with Gasteiger partial charge in [0, 0.05) is 11.8 Å². The second-order valence-corrected chi connectivity index (χ2v) is 2.89. The van der Waals surface area contributed by atoms with E-state index < -0.39 is 11.6 Å². The summed E-state index contributed by atoms with van der Waals surface area (Å²) in [4.78, 5) is 3.73. The zero-order valence-electron chi connectivity index (χ0n) is 7.31. The molecule has 0 unspecified atom stereocenters. The fourth-order valence-electron chi connectivity index (χ4n) is 1.25. The molecule has 0 amide bonds. The Balaban J connectivity index is 2.58. The lowest BCUT2D eigenvalue weighted by molar-refractivity contribution is 0.431. The van der Waals surface area contributed by atoms with E-state index in [-0.39, 0.29) is 0 Å². The molecule has 2 rings (SSSR count). The topological polar surface area (TPSA) is 33.1 Å². The van der Waals surface area contributed by atoms with Crippen LogP contribution in [0.5, 0.6) is 5.75 Å². The Hall–Kier alpha value is -1.90. The lowest BCUT2D eigenvalue weighted by Crippen LogP contribution is -1.86. The Bertz CT molecular complexity index is 442. The molecule has 70 valence electrons. The van der Waals surface area contributed by atoms with Crippen LogP contribution in [-0.4, -0.2) is 10.1 Å². The van der Waals surface area contributed by atoms with Gasteiger partial charge in [-0.2, -0.15) is 0 Å². The van der Waals surface area contributed by atoms with Crippen molar-refractivity contribution in [2.45, 2.75) is 0 Å². The van der Waals surface area contributed by atoms with Crippen LogP contribution in [0, 0.1) is 5.82 Å². The first-order chi connectivity index (χ1) is 6.79. The maximum atomic E-state index is 13.4. The number of hydrogen-bond acceptors (Lipinski definition) is 2. The molecular weight excluding hydrogens is 181 g/mol. The van der Waals surface area contributed by atoms with Gasteiger partial charge >= 0.3 is 0 Å². The van der Waals surface area contributed by atoms with Crippen molar-refractivity contribution in [1.29, 1.82) is 0 Å². The van der Waals surface area contributed by atoms with E-state index in [4.69, 9.17) is 5.11 Å². The van der Waals surface area contributed by atoms with Gasteiger partial charge in [0.05, 0.1) is 6.20 Å². The van der Waals surface area contributed by atoms with Crippen molar-refractivity contribution in [3.63, 3.8) is 0 Å². The predicted octanol–water partition coefficient (Wildman–Crippen LogP) is 2.59. The highest BCUT2D eigenvalue weighted by atomic mass is 19.1. The van der Waals surface area contributed by atoms with Crippen LogP contribution in [0.4, 0.5) is 4.39 Å². The number of rotatable bonds is 1. The second kappa shape index (κ2) is 3.46. The lowest BCUT2D eigenvalue weighted by atomic mass is 10.1. The molecule has 1 heterocycles. The van der Waals surface area contributed by atoms with E-state index in [0.29, 0.717) is 11.1 Å². The fourth-order valence-corrected chi connectivity index (χ4v) is 1.25. The summed E-state index contributed by atoms with van der Waals surface area (Å²) in [5, 5.41) is 9.12. The molecule has 0 fully saturated rings. The highest BCUT2D eigenvalue weighted by molar-refractivity contribution is 5.64. The van der Waals surface area contributed by atoms with E-state index in [1.807, 2.05) is 6.07 Å². The van der Waals surface area contributed by atoms with Crippen LogP contribution in [0.2, 0.25) is 0 Å². The first-order valence-electron chi connectivity index (χ1n) is 4.17. The van der Waals surface area contributed by atoms with Crippen molar-refractivity contribution in [2.24, 2.45) is 0 Å². The van der Waals surface area contributed by atoms with E-state index >= 15 is 0 Å². The quantitative estimate of drug-likeness (QED) is 0.747. The summed E-state index contributed by atoms with van der Waals surface area (Å²) in [6, 6.07) is 8.98. The Kier molecular flexibility index (Phi) is 2.14. The summed E-state index contributed by atoms with van der Waals surface area (Å²) in [6.45, 7) is 0. The number of hydrogen-bond donors (Lipinski definition) is 1. The number of aromatic nitrogens is 1. The van der Waals surface area contributed by atoms with E-state index in [1.165, 1.54) is 6.20 Å². The smallest absolute Gasteiger partial charge is 0.175 e. The van der Waals surface area contributed by atoms with E-state index in [0.717, 1.165) is 6.20 Å². The van der Waals surface area contributed by atoms with Crippen LogP contribution in [-0.2, 0) is 0 Å². The van der Waals surface area contributed by atoms with Crippen LogP contribution >= 0.6 is 0 Å². The summed E-state index contributed by atoms with van der Waals surface area (Å²) in [5.74, 6) is -1.06. The van der Waals surface area contributed by atoms with Gasteiger partial charge < -0.3 is 5.11 Å². The number of benzene rings is 1. The first-order valence-corrected chi connectivity index (χ1v) is 4.17. The van der Waals surface area contributed by atoms with Gasteiger partial charge in [-0.25, -0.2) is 4.39 Å². The third-order valence-corrected chi connectivity index (χ3v) is 1.95. The molecule has 2 aromatic rings. The molecular formula is C11H8FNO. The summed E-state index contributed by atoms with van der Waals surface area (Å²) < 4.78 is 13.4. The number of halogens is 1. The van der Waals surface area contributed by atoms with Gasteiger partial charge in [-0.3, -0.25) is 4.98 Å². The third kappa shape index (κ3) is 1.44. The van der Waals surface area contributed by atoms with Crippen molar-refractivity contribution < 1.29 is 9.50 Å². The Morgan fingerprint density at radius 2 is 1.79 bits per heavy atom. The molecule has 0 saturated heterocycles. The van der Waals surface area contributed by atoms with Crippen LogP contribution in [0.15, 0.2) is 42.7 Å². The number of nitrogens with zero attached hydrogens (tertiary/aromatic N) is 1. The van der Waals surface area contributed by atoms with Gasteiger partial charge in [0.25, 0.3) is 0 Å². The normalized spacial score (nSPS) is 10.1. The highest BCUT2D eigenvalue weighted by Gasteiger charge is 2.08. The number of pyridine rings is 1. The molecule has 0 aliphatic rings. The first kappa shape index (κ1) is 8.69. The van der Waals surface area contributed by atoms with Crippen molar-refractivity contribution in [1.82, 2.24) is 4.98 Å². The summed E-state index contributed by atoms with van der Waals surface area (Å²) in [7, 11) is 0. The van der Waals surface area contributed by atoms with Gasteiger partial charge in [-0.05, 0) is 5.56 Å². The van der Waals surface area contributed by atoms with Crippen LogP contribution in [0.1, 0.15) is 0 Å². The minimum atomic E-state index is -0.633. The van der Waals surface area contributed by atoms with Gasteiger partial charge in [-0.15, -0.1) is 0 Å². The maximum Gasteiger partial charge on any atom is 0.175 e. The zero-order chi connectivity index (χ0) is 9.97. The summed E-state index contributed by atoms with van der Waals surface area (Å²) in [5.41, 5.74) is 1.01. The van der Waals surface area contributed by atoms with Gasteiger partial charge in [0.1, 0.15) is 0 Å². The van der Waals surface area contributed by atoms with Gasteiger partial charge in [-0.1, -0.05) is 30.3 Å². The molecule has 3 heteroatoms. The molecule has 1 N–H and O–H groups in total. The molecule has 2 nitrogen and oxygen atoms in total. The third-order valence-electron chi connectivity index (χ3n) is 1.95. The Morgan fingerprint density at radius 3 is 2.50 bits per heavy atom. The average molecular weight is 189 g/mol. The zero-order valence-corrected chi connectivity index (χ0v) is 7.31. The fraction of sp³-hybridized carbons (Fsp3) is 0. The van der Waals surface area contributed by atoms with Gasteiger partial charge in [0.15, 0.2) is 11.6 Å². The minimum absolute atomic E-state index is 0.311. The van der Waals surface area contributed by atoms with Crippen molar-refractivity contribution in [3.05, 3.63) is 48.5 Å². The molecule has 0 bridgehead atoms. The van der Waals surface area contributed by atoms with E-state index in [1.54, 1.807) is 24.3 Å². The molecule has 0 spiro atoms. The monoisotopic (exact) mass is 189 g/mol. The maximum absolute atomic E-state index is 13.4. The lowest BCUT2D eigenvalue weighted by Gasteiger charge is -2.03. The highest BCUT2D eigenvalue weighted by Crippen LogP contribution is 2.26. The Morgan fingerprint density at radius 1 is 1.07 bits per heavy atom. The molecule has 0 radical (unpaired) electrons. The molecule has 0 aliphatic heterocycles. The van der Waals surface area contributed by atoms with Crippen LogP contribution in [0.3, 0.4) is 0 Å². The Labute approximate surface area is 80.7 Å². The van der Waals surface area contributed by atoms with Crippen LogP contribution < -0.4 is 0 Å². The average Bonchev–Trinajstić information content (AvgIpc) is 2.23. The predicted molar refractivity (Wildman–Crippen MR) is 51.3 cm³/mol. The molecule has 0 saturated carbocycles. The van der Waals surface area contributed by atoms with Gasteiger partial charge in [0.2, 0.25) is 0 Å². The van der Waals surface area contributed by atoms with E-state index in [2.05, 4.69) is 4.98 Å². The molecule has 0 atom stereocenters. The standard InChI is InChI=1S/C11H8FNO/c12-11-9(6-13-7-10(11)14)8-4-2-1-3-5-8/h1-7,14H. The van der Waals surface area contributed by atoms with E-state index in [9.17, 15) is 4.39 Å². The summed E-state index contributed by atoms with van der Waals surface area (Å²) >= 11 is 0. The molecule has 0 aliphatic carbocycles. The SMILES string of the molecule is Oc1cncc(-c2ccccc2)c1F. The summed E-state index contributed by atoms with van der Waals surface area (Å²) in [6.07, 6.45) is 2.48. The molecule has 1 aromatic heterocycles. The molecule has 14 heavy (non-hydrogen) atoms. The molecule has 1 aromatic carbocycles. The van der Waals surface area contributed by atoms with Crippen LogP contribution in [0.25, 0.3) is 11.1 Å². The van der Waals surface area contributed by atoms with Crippen molar-refractivity contribution >= 4 is 0 Å². The number of aromatic hydroxyl groups is 1.